The Balaban J connectivity index is 1.86. The van der Waals surface area contributed by atoms with E-state index < -0.39 is 6.04 Å². The molecule has 0 bridgehead atoms. The highest BCUT2D eigenvalue weighted by atomic mass is 19.1. The molecule has 1 atom stereocenters. The van der Waals surface area contributed by atoms with Gasteiger partial charge in [-0.2, -0.15) is 0 Å². The molecule has 2 aromatic heterocycles. The highest BCUT2D eigenvalue weighted by Crippen LogP contribution is 2.21. The SMILES string of the molecule is Cc1noc(C)c1CC(=O)NC(c1ccc(F)cc1)c1nccn1C. The normalized spacial score (nSPS) is 12.2. The first kappa shape index (κ1) is 16.9. The maximum atomic E-state index is 13.2. The maximum Gasteiger partial charge on any atom is 0.225 e. The van der Waals surface area contributed by atoms with Crippen molar-refractivity contribution < 1.29 is 13.7 Å². The molecule has 130 valence electrons. The number of hydrogen-bond donors (Lipinski definition) is 1. The van der Waals surface area contributed by atoms with Gasteiger partial charge in [0.2, 0.25) is 5.91 Å². The van der Waals surface area contributed by atoms with Crippen molar-refractivity contribution in [1.29, 1.82) is 0 Å². The van der Waals surface area contributed by atoms with Crippen LogP contribution in [0.3, 0.4) is 0 Å². The largest absolute Gasteiger partial charge is 0.361 e. The lowest BCUT2D eigenvalue weighted by Crippen LogP contribution is -2.32. The Kier molecular flexibility index (Phi) is 4.65. The van der Waals surface area contributed by atoms with Crippen LogP contribution in [0.15, 0.2) is 41.2 Å². The second kappa shape index (κ2) is 6.88. The Morgan fingerprint density at radius 2 is 2.04 bits per heavy atom. The van der Waals surface area contributed by atoms with E-state index in [0.29, 0.717) is 17.3 Å². The predicted molar refractivity (Wildman–Crippen MR) is 89.3 cm³/mol. The summed E-state index contributed by atoms with van der Waals surface area (Å²) in [6, 6.07) is 5.54. The molecular formula is C18H19FN4O2. The van der Waals surface area contributed by atoms with Gasteiger partial charge in [-0.3, -0.25) is 4.79 Å². The minimum absolute atomic E-state index is 0.156. The van der Waals surface area contributed by atoms with Crippen molar-refractivity contribution >= 4 is 5.91 Å². The van der Waals surface area contributed by atoms with E-state index in [9.17, 15) is 9.18 Å². The zero-order valence-corrected chi connectivity index (χ0v) is 14.3. The zero-order valence-electron chi connectivity index (χ0n) is 14.3. The number of carbonyl (C=O) groups excluding carboxylic acids is 1. The Morgan fingerprint density at radius 3 is 2.60 bits per heavy atom. The van der Waals surface area contributed by atoms with E-state index in [1.54, 1.807) is 38.4 Å². The molecule has 0 fully saturated rings. The minimum atomic E-state index is -0.478. The van der Waals surface area contributed by atoms with Gasteiger partial charge in [-0.05, 0) is 31.5 Å². The van der Waals surface area contributed by atoms with Crippen molar-refractivity contribution in [3.8, 4) is 0 Å². The monoisotopic (exact) mass is 342 g/mol. The Labute approximate surface area is 144 Å². The molecule has 0 spiro atoms. The van der Waals surface area contributed by atoms with E-state index in [4.69, 9.17) is 4.52 Å². The summed E-state index contributed by atoms with van der Waals surface area (Å²) in [4.78, 5) is 16.9. The summed E-state index contributed by atoms with van der Waals surface area (Å²) in [5.41, 5.74) is 2.22. The number of nitrogens with one attached hydrogen (secondary N) is 1. The van der Waals surface area contributed by atoms with E-state index in [1.807, 2.05) is 11.6 Å². The van der Waals surface area contributed by atoms with Gasteiger partial charge in [0.15, 0.2) is 0 Å². The Hall–Kier alpha value is -2.96. The molecule has 0 saturated heterocycles. The molecule has 0 aliphatic rings. The summed E-state index contributed by atoms with van der Waals surface area (Å²) in [5.74, 6) is 0.776. The molecule has 1 amide bonds. The van der Waals surface area contributed by atoms with Crippen LogP contribution in [0, 0.1) is 19.7 Å². The molecule has 7 heteroatoms. The number of halogens is 1. The summed E-state index contributed by atoms with van der Waals surface area (Å²) < 4.78 is 20.2. The molecule has 3 rings (SSSR count). The molecule has 1 N–H and O–H groups in total. The van der Waals surface area contributed by atoms with Crippen LogP contribution in [0.2, 0.25) is 0 Å². The zero-order chi connectivity index (χ0) is 18.0. The van der Waals surface area contributed by atoms with Crippen LogP contribution < -0.4 is 5.32 Å². The van der Waals surface area contributed by atoms with Crippen LogP contribution in [-0.4, -0.2) is 20.6 Å². The van der Waals surface area contributed by atoms with Crippen molar-refractivity contribution in [3.63, 3.8) is 0 Å². The molecular weight excluding hydrogens is 323 g/mol. The molecule has 6 nitrogen and oxygen atoms in total. The van der Waals surface area contributed by atoms with Crippen LogP contribution in [0.5, 0.6) is 0 Å². The Bertz CT molecular complexity index is 863. The second-order valence-corrected chi connectivity index (χ2v) is 5.93. The van der Waals surface area contributed by atoms with Crippen LogP contribution in [-0.2, 0) is 18.3 Å². The number of hydrogen-bond acceptors (Lipinski definition) is 4. The van der Waals surface area contributed by atoms with Crippen molar-refractivity contribution in [1.82, 2.24) is 20.0 Å². The van der Waals surface area contributed by atoms with Gasteiger partial charge in [-0.1, -0.05) is 17.3 Å². The van der Waals surface area contributed by atoms with Gasteiger partial charge in [-0.25, -0.2) is 9.37 Å². The van der Waals surface area contributed by atoms with Gasteiger partial charge in [0.05, 0.1) is 12.1 Å². The summed E-state index contributed by atoms with van der Waals surface area (Å²) in [7, 11) is 1.85. The van der Waals surface area contributed by atoms with E-state index >= 15 is 0 Å². The number of amides is 1. The van der Waals surface area contributed by atoms with Crippen molar-refractivity contribution in [3.05, 3.63) is 70.9 Å². The average molecular weight is 342 g/mol. The lowest BCUT2D eigenvalue weighted by Gasteiger charge is -2.19. The second-order valence-electron chi connectivity index (χ2n) is 5.93. The highest BCUT2D eigenvalue weighted by Gasteiger charge is 2.22. The summed E-state index contributed by atoms with van der Waals surface area (Å²) in [6.45, 7) is 3.58. The lowest BCUT2D eigenvalue weighted by molar-refractivity contribution is -0.121. The first-order valence-electron chi connectivity index (χ1n) is 7.89. The number of carbonyl (C=O) groups is 1. The third-order valence-electron chi connectivity index (χ3n) is 4.14. The van der Waals surface area contributed by atoms with Gasteiger partial charge >= 0.3 is 0 Å². The fraction of sp³-hybridized carbons (Fsp3) is 0.278. The van der Waals surface area contributed by atoms with Crippen LogP contribution in [0.25, 0.3) is 0 Å². The number of benzene rings is 1. The molecule has 25 heavy (non-hydrogen) atoms. The van der Waals surface area contributed by atoms with Crippen molar-refractivity contribution in [2.75, 3.05) is 0 Å². The molecule has 2 heterocycles. The fourth-order valence-electron chi connectivity index (χ4n) is 2.73. The third kappa shape index (κ3) is 3.60. The molecule has 0 radical (unpaired) electrons. The van der Waals surface area contributed by atoms with Crippen LogP contribution in [0.1, 0.15) is 34.4 Å². The number of aryl methyl sites for hydroxylation is 3. The van der Waals surface area contributed by atoms with Gasteiger partial charge in [-0.15, -0.1) is 0 Å². The fourth-order valence-corrected chi connectivity index (χ4v) is 2.73. The van der Waals surface area contributed by atoms with Crippen molar-refractivity contribution in [2.45, 2.75) is 26.3 Å². The van der Waals surface area contributed by atoms with E-state index in [1.165, 1.54) is 12.1 Å². The van der Waals surface area contributed by atoms with Crippen LogP contribution in [0.4, 0.5) is 4.39 Å². The van der Waals surface area contributed by atoms with E-state index in [2.05, 4.69) is 15.5 Å². The molecule has 0 saturated carbocycles. The summed E-state index contributed by atoms with van der Waals surface area (Å²) in [6.07, 6.45) is 3.61. The number of imidazole rings is 1. The molecule has 1 unspecified atom stereocenters. The Morgan fingerprint density at radius 1 is 1.32 bits per heavy atom. The molecule has 0 aliphatic heterocycles. The van der Waals surface area contributed by atoms with Crippen molar-refractivity contribution in [2.24, 2.45) is 7.05 Å². The molecule has 0 aliphatic carbocycles. The van der Waals surface area contributed by atoms with Gasteiger partial charge in [0, 0.05) is 25.0 Å². The maximum absolute atomic E-state index is 13.2. The van der Waals surface area contributed by atoms with Gasteiger partial charge in [0.25, 0.3) is 0 Å². The van der Waals surface area contributed by atoms with Crippen LogP contribution >= 0.6 is 0 Å². The van der Waals surface area contributed by atoms with E-state index in [-0.39, 0.29) is 18.1 Å². The standard InChI is InChI=1S/C18H19FN4O2/c1-11-15(12(2)25-22-11)10-16(24)21-17(18-20-8-9-23(18)3)13-4-6-14(19)7-5-13/h4-9,17H,10H2,1-3H3,(H,21,24). The van der Waals surface area contributed by atoms with Gasteiger partial charge < -0.3 is 14.4 Å². The number of rotatable bonds is 5. The lowest BCUT2D eigenvalue weighted by atomic mass is 10.0. The first-order valence-corrected chi connectivity index (χ1v) is 7.89. The smallest absolute Gasteiger partial charge is 0.225 e. The predicted octanol–water partition coefficient (Wildman–Crippen LogP) is 2.61. The molecule has 3 aromatic rings. The minimum Gasteiger partial charge on any atom is -0.361 e. The topological polar surface area (TPSA) is 73.0 Å². The van der Waals surface area contributed by atoms with Gasteiger partial charge in [0.1, 0.15) is 23.4 Å². The number of nitrogens with zero attached hydrogens (tertiary/aromatic N) is 3. The highest BCUT2D eigenvalue weighted by molar-refractivity contribution is 5.79. The van der Waals surface area contributed by atoms with E-state index in [0.717, 1.165) is 11.1 Å². The quantitative estimate of drug-likeness (QED) is 0.773. The average Bonchev–Trinajstić information content (AvgIpc) is 3.14. The molecule has 1 aromatic carbocycles. The summed E-state index contributed by atoms with van der Waals surface area (Å²) >= 11 is 0. The third-order valence-corrected chi connectivity index (χ3v) is 4.14. The first-order chi connectivity index (χ1) is 12.0. The summed E-state index contributed by atoms with van der Waals surface area (Å²) in [5, 5.41) is 6.84. The number of aromatic nitrogens is 3.